The van der Waals surface area contributed by atoms with Gasteiger partial charge in [-0.1, -0.05) is 0 Å². The molecule has 126 valence electrons. The quantitative estimate of drug-likeness (QED) is 0.826. The van der Waals surface area contributed by atoms with Gasteiger partial charge >= 0.3 is 17.9 Å². The van der Waals surface area contributed by atoms with Gasteiger partial charge in [0.15, 0.2) is 0 Å². The fraction of sp³-hybridized carbons (Fsp3) is 0.385. The number of rotatable bonds is 4. The van der Waals surface area contributed by atoms with E-state index in [0.717, 1.165) is 19.2 Å². The van der Waals surface area contributed by atoms with Crippen LogP contribution in [0.15, 0.2) is 21.7 Å². The van der Waals surface area contributed by atoms with Crippen LogP contribution in [0.5, 0.6) is 0 Å². The van der Waals surface area contributed by atoms with E-state index in [0.29, 0.717) is 9.25 Å². The van der Waals surface area contributed by atoms with E-state index in [1.54, 1.807) is 13.8 Å². The summed E-state index contributed by atoms with van der Waals surface area (Å²) in [5, 5.41) is 2.92. The van der Waals surface area contributed by atoms with Crippen molar-refractivity contribution in [3.05, 3.63) is 38.9 Å². The maximum absolute atomic E-state index is 14.1. The van der Waals surface area contributed by atoms with Gasteiger partial charge in [-0.3, -0.25) is 0 Å². The summed E-state index contributed by atoms with van der Waals surface area (Å²) in [5.41, 5.74) is 3.15. The van der Waals surface area contributed by atoms with E-state index in [1.165, 1.54) is 0 Å². The van der Waals surface area contributed by atoms with E-state index in [1.807, 2.05) is 0 Å². The second-order valence-corrected chi connectivity index (χ2v) is 5.24. The molecule has 0 saturated heterocycles. The standard InChI is InChI=1S/C13H16F3N5O2/c1-6(2)18-9-5-10(7(14)4-8(9)17)20-12(22)19(3)21(11(15)16)13(20)23/h4-6,11,18H,17H2,1-3H3. The molecule has 7 nitrogen and oxygen atoms in total. The zero-order chi connectivity index (χ0) is 17.5. The monoisotopic (exact) mass is 331 g/mol. The van der Waals surface area contributed by atoms with Crippen LogP contribution in [0.25, 0.3) is 5.69 Å². The van der Waals surface area contributed by atoms with Gasteiger partial charge in [0, 0.05) is 19.2 Å². The molecule has 0 aliphatic rings. The molecule has 0 saturated carbocycles. The summed E-state index contributed by atoms with van der Waals surface area (Å²) in [7, 11) is 0.995. The van der Waals surface area contributed by atoms with Crippen molar-refractivity contribution in [1.82, 2.24) is 13.9 Å². The molecule has 2 aromatic rings. The first-order valence-corrected chi connectivity index (χ1v) is 6.69. The van der Waals surface area contributed by atoms with Crippen molar-refractivity contribution in [3.8, 4) is 5.69 Å². The molecule has 0 atom stereocenters. The van der Waals surface area contributed by atoms with Gasteiger partial charge in [0.1, 0.15) is 5.82 Å². The van der Waals surface area contributed by atoms with Crippen LogP contribution in [0.2, 0.25) is 0 Å². The highest BCUT2D eigenvalue weighted by molar-refractivity contribution is 5.70. The number of hydrogen-bond acceptors (Lipinski definition) is 4. The Bertz CT molecular complexity index is 851. The Balaban J connectivity index is 2.75. The van der Waals surface area contributed by atoms with Gasteiger partial charge in [-0.2, -0.15) is 13.5 Å². The average molecular weight is 331 g/mol. The Morgan fingerprint density at radius 2 is 1.78 bits per heavy atom. The molecule has 0 aliphatic heterocycles. The molecule has 0 fully saturated rings. The second kappa shape index (κ2) is 5.86. The summed E-state index contributed by atoms with van der Waals surface area (Å²) in [4.78, 5) is 24.1. The van der Waals surface area contributed by atoms with E-state index < -0.39 is 29.4 Å². The van der Waals surface area contributed by atoms with Crippen molar-refractivity contribution in [1.29, 1.82) is 0 Å². The summed E-state index contributed by atoms with van der Waals surface area (Å²) in [6.07, 6.45) is 0. The average Bonchev–Trinajstić information content (AvgIpc) is 2.64. The highest BCUT2D eigenvalue weighted by Crippen LogP contribution is 2.25. The number of nitrogens with two attached hydrogens (primary N) is 1. The zero-order valence-electron chi connectivity index (χ0n) is 12.7. The lowest BCUT2D eigenvalue weighted by Crippen LogP contribution is -2.28. The van der Waals surface area contributed by atoms with Gasteiger partial charge in [-0.25, -0.2) is 23.2 Å². The zero-order valence-corrected chi connectivity index (χ0v) is 12.7. The molecule has 3 N–H and O–H groups in total. The summed E-state index contributed by atoms with van der Waals surface area (Å²) in [6.45, 7) is 0.383. The van der Waals surface area contributed by atoms with Crippen molar-refractivity contribution in [2.75, 3.05) is 11.1 Å². The van der Waals surface area contributed by atoms with E-state index in [2.05, 4.69) is 5.32 Å². The minimum Gasteiger partial charge on any atom is -0.397 e. The third-order valence-corrected chi connectivity index (χ3v) is 3.17. The van der Waals surface area contributed by atoms with Gasteiger partial charge in [0.25, 0.3) is 0 Å². The number of hydrogen-bond donors (Lipinski definition) is 2. The highest BCUT2D eigenvalue weighted by Gasteiger charge is 2.23. The van der Waals surface area contributed by atoms with Gasteiger partial charge in [0.2, 0.25) is 0 Å². The SMILES string of the molecule is CC(C)Nc1cc(-n2c(=O)n(C)n(C(F)F)c2=O)c(F)cc1N. The summed E-state index contributed by atoms with van der Waals surface area (Å²) >= 11 is 0. The highest BCUT2D eigenvalue weighted by atomic mass is 19.3. The Kier molecular flexibility index (Phi) is 4.26. The van der Waals surface area contributed by atoms with Crippen molar-refractivity contribution in [2.45, 2.75) is 26.4 Å². The molecule has 0 radical (unpaired) electrons. The first-order chi connectivity index (χ1) is 10.6. The summed E-state index contributed by atoms with van der Waals surface area (Å²) in [5.74, 6) is -0.969. The van der Waals surface area contributed by atoms with Crippen molar-refractivity contribution in [3.63, 3.8) is 0 Å². The molecule has 10 heteroatoms. The van der Waals surface area contributed by atoms with Crippen molar-refractivity contribution in [2.24, 2.45) is 7.05 Å². The molecule has 0 aliphatic carbocycles. The van der Waals surface area contributed by atoms with Crippen LogP contribution in [0.4, 0.5) is 24.5 Å². The molecule has 0 bridgehead atoms. The fourth-order valence-corrected chi connectivity index (χ4v) is 2.15. The lowest BCUT2D eigenvalue weighted by atomic mass is 10.2. The second-order valence-electron chi connectivity index (χ2n) is 5.24. The number of nitrogen functional groups attached to an aromatic ring is 1. The molecule has 2 rings (SSSR count). The number of anilines is 2. The van der Waals surface area contributed by atoms with Crippen molar-refractivity contribution < 1.29 is 13.2 Å². The van der Waals surface area contributed by atoms with Crippen LogP contribution in [0.1, 0.15) is 20.4 Å². The Labute approximate surface area is 128 Å². The third kappa shape index (κ3) is 2.83. The van der Waals surface area contributed by atoms with Crippen LogP contribution >= 0.6 is 0 Å². The summed E-state index contributed by atoms with van der Waals surface area (Å²) in [6, 6.07) is 2.01. The first-order valence-electron chi connectivity index (χ1n) is 6.69. The van der Waals surface area contributed by atoms with E-state index in [9.17, 15) is 22.8 Å². The smallest absolute Gasteiger partial charge is 0.356 e. The van der Waals surface area contributed by atoms with E-state index >= 15 is 0 Å². The van der Waals surface area contributed by atoms with Crippen molar-refractivity contribution >= 4 is 11.4 Å². The largest absolute Gasteiger partial charge is 0.397 e. The van der Waals surface area contributed by atoms with Crippen LogP contribution in [-0.2, 0) is 7.05 Å². The normalized spacial score (nSPS) is 11.5. The van der Waals surface area contributed by atoms with Gasteiger partial charge in [0.05, 0.1) is 17.1 Å². The fourth-order valence-electron chi connectivity index (χ4n) is 2.15. The maximum atomic E-state index is 14.1. The first kappa shape index (κ1) is 16.7. The summed E-state index contributed by atoms with van der Waals surface area (Å²) < 4.78 is 40.6. The molecular weight excluding hydrogens is 315 g/mol. The minimum atomic E-state index is -3.23. The number of halogens is 3. The lowest BCUT2D eigenvalue weighted by Gasteiger charge is -2.14. The number of alkyl halides is 2. The van der Waals surface area contributed by atoms with Crippen LogP contribution in [0.3, 0.4) is 0 Å². The van der Waals surface area contributed by atoms with Crippen LogP contribution < -0.4 is 22.4 Å². The molecule has 0 spiro atoms. The lowest BCUT2D eigenvalue weighted by molar-refractivity contribution is 0.0402. The Hall–Kier alpha value is -2.65. The minimum absolute atomic E-state index is 0.0548. The van der Waals surface area contributed by atoms with Gasteiger partial charge < -0.3 is 11.1 Å². The molecule has 0 unspecified atom stereocenters. The predicted octanol–water partition coefficient (Wildman–Crippen LogP) is 1.27. The van der Waals surface area contributed by atoms with Gasteiger partial charge in [-0.05, 0) is 19.9 Å². The molecule has 23 heavy (non-hydrogen) atoms. The van der Waals surface area contributed by atoms with E-state index in [4.69, 9.17) is 5.73 Å². The molecule has 1 aromatic carbocycles. The van der Waals surface area contributed by atoms with E-state index in [-0.39, 0.29) is 22.1 Å². The molecular formula is C13H16F3N5O2. The predicted molar refractivity (Wildman–Crippen MR) is 79.7 cm³/mol. The molecule has 1 aromatic heterocycles. The Morgan fingerprint density at radius 3 is 2.26 bits per heavy atom. The Morgan fingerprint density at radius 1 is 1.17 bits per heavy atom. The van der Waals surface area contributed by atoms with Gasteiger partial charge in [-0.15, -0.1) is 0 Å². The topological polar surface area (TPSA) is 87.0 Å². The molecule has 0 amide bonds. The third-order valence-electron chi connectivity index (χ3n) is 3.17. The number of aromatic nitrogens is 3. The number of nitrogens with zero attached hydrogens (tertiary/aromatic N) is 3. The van der Waals surface area contributed by atoms with Crippen LogP contribution in [0, 0.1) is 5.82 Å². The number of nitrogens with one attached hydrogen (secondary N) is 1. The van der Waals surface area contributed by atoms with Crippen LogP contribution in [-0.4, -0.2) is 20.0 Å². The molecule has 1 heterocycles. The maximum Gasteiger partial charge on any atom is 0.356 e. The number of benzene rings is 1.